The monoisotopic (exact) mass is 274 g/mol. The summed E-state index contributed by atoms with van der Waals surface area (Å²) in [5, 5.41) is 3.12. The summed E-state index contributed by atoms with van der Waals surface area (Å²) < 4.78 is 0. The highest BCUT2D eigenvalue weighted by molar-refractivity contribution is 5.77. The zero-order valence-electron chi connectivity index (χ0n) is 12.5. The maximum absolute atomic E-state index is 12.3. The number of nitrogens with one attached hydrogen (secondary N) is 1. The molecule has 0 aliphatic heterocycles. The van der Waals surface area contributed by atoms with Gasteiger partial charge in [0.25, 0.3) is 0 Å². The number of carbonyl (C=O) groups is 1. The molecule has 1 aliphatic carbocycles. The molecule has 1 saturated carbocycles. The van der Waals surface area contributed by atoms with Gasteiger partial charge in [-0.15, -0.1) is 0 Å². The largest absolute Gasteiger partial charge is 0.352 e. The van der Waals surface area contributed by atoms with E-state index in [4.69, 9.17) is 5.73 Å². The second kappa shape index (κ2) is 6.89. The molecular weight excluding hydrogens is 248 g/mol. The standard InChI is InChI=1S/C17H26N2O/c1-12(2)15(13-6-4-3-5-7-13)10-17(20)19-16(11-18)14-8-9-14/h3-7,12,14-16H,8-11,18H2,1-2H3,(H,19,20). The molecular formula is C17H26N2O. The van der Waals surface area contributed by atoms with Crippen molar-refractivity contribution < 1.29 is 4.79 Å². The molecule has 0 saturated heterocycles. The van der Waals surface area contributed by atoms with Gasteiger partial charge in [0.05, 0.1) is 0 Å². The van der Waals surface area contributed by atoms with Gasteiger partial charge in [0.2, 0.25) is 5.91 Å². The topological polar surface area (TPSA) is 55.1 Å². The number of amides is 1. The number of nitrogens with two attached hydrogens (primary N) is 1. The molecule has 3 heteroatoms. The molecule has 2 rings (SSSR count). The van der Waals surface area contributed by atoms with E-state index in [1.807, 2.05) is 18.2 Å². The first-order chi connectivity index (χ1) is 9.61. The number of carbonyl (C=O) groups excluding carboxylic acids is 1. The van der Waals surface area contributed by atoms with Crippen molar-refractivity contribution in [3.8, 4) is 0 Å². The summed E-state index contributed by atoms with van der Waals surface area (Å²) in [5.41, 5.74) is 6.99. The Hall–Kier alpha value is -1.35. The Bertz CT molecular complexity index is 426. The van der Waals surface area contributed by atoms with Crippen LogP contribution >= 0.6 is 0 Å². The van der Waals surface area contributed by atoms with E-state index in [0.29, 0.717) is 24.8 Å². The van der Waals surface area contributed by atoms with Gasteiger partial charge in [-0.05, 0) is 36.2 Å². The van der Waals surface area contributed by atoms with E-state index in [0.717, 1.165) is 0 Å². The Morgan fingerprint density at radius 2 is 1.95 bits per heavy atom. The second-order valence-electron chi connectivity index (χ2n) is 6.21. The van der Waals surface area contributed by atoms with Crippen molar-refractivity contribution >= 4 is 5.91 Å². The Kier molecular flexibility index (Phi) is 5.18. The predicted molar refractivity (Wildman–Crippen MR) is 82.3 cm³/mol. The maximum Gasteiger partial charge on any atom is 0.220 e. The van der Waals surface area contributed by atoms with Crippen LogP contribution in [0.3, 0.4) is 0 Å². The predicted octanol–water partition coefficient (Wildman–Crippen LogP) is 2.67. The minimum Gasteiger partial charge on any atom is -0.352 e. The van der Waals surface area contributed by atoms with Gasteiger partial charge in [0.1, 0.15) is 0 Å². The summed E-state index contributed by atoms with van der Waals surface area (Å²) in [5.74, 6) is 1.46. The molecule has 2 unspecified atom stereocenters. The summed E-state index contributed by atoms with van der Waals surface area (Å²) in [6.45, 7) is 4.90. The lowest BCUT2D eigenvalue weighted by Gasteiger charge is -2.23. The fraction of sp³-hybridized carbons (Fsp3) is 0.588. The van der Waals surface area contributed by atoms with Crippen molar-refractivity contribution in [3.63, 3.8) is 0 Å². The lowest BCUT2D eigenvalue weighted by Crippen LogP contribution is -2.42. The van der Waals surface area contributed by atoms with Crippen molar-refractivity contribution in [2.75, 3.05) is 6.54 Å². The van der Waals surface area contributed by atoms with E-state index in [1.165, 1.54) is 18.4 Å². The van der Waals surface area contributed by atoms with Crippen molar-refractivity contribution in [1.82, 2.24) is 5.32 Å². The fourth-order valence-electron chi connectivity index (χ4n) is 2.77. The molecule has 1 aromatic rings. The van der Waals surface area contributed by atoms with E-state index in [2.05, 4.69) is 31.3 Å². The molecule has 0 aromatic heterocycles. The Morgan fingerprint density at radius 3 is 2.45 bits per heavy atom. The molecule has 1 fully saturated rings. The molecule has 0 spiro atoms. The Labute approximate surface area is 121 Å². The van der Waals surface area contributed by atoms with Gasteiger partial charge < -0.3 is 11.1 Å². The van der Waals surface area contributed by atoms with Crippen LogP contribution < -0.4 is 11.1 Å². The first kappa shape index (κ1) is 15.0. The molecule has 2 atom stereocenters. The first-order valence-corrected chi connectivity index (χ1v) is 7.66. The van der Waals surface area contributed by atoms with E-state index in [-0.39, 0.29) is 17.9 Å². The van der Waals surface area contributed by atoms with Crippen LogP contribution in [0, 0.1) is 11.8 Å². The van der Waals surface area contributed by atoms with E-state index < -0.39 is 0 Å². The quantitative estimate of drug-likeness (QED) is 0.803. The van der Waals surface area contributed by atoms with E-state index in [9.17, 15) is 4.79 Å². The molecule has 3 nitrogen and oxygen atoms in total. The zero-order valence-corrected chi connectivity index (χ0v) is 12.5. The van der Waals surface area contributed by atoms with Crippen LogP contribution in [-0.4, -0.2) is 18.5 Å². The molecule has 20 heavy (non-hydrogen) atoms. The summed E-state index contributed by atoms with van der Waals surface area (Å²) in [4.78, 5) is 12.3. The maximum atomic E-state index is 12.3. The van der Waals surface area contributed by atoms with Crippen molar-refractivity contribution in [2.45, 2.75) is 45.1 Å². The number of rotatable bonds is 7. The normalized spacial score (nSPS) is 17.8. The van der Waals surface area contributed by atoms with Gasteiger partial charge in [-0.2, -0.15) is 0 Å². The SMILES string of the molecule is CC(C)C(CC(=O)NC(CN)C1CC1)c1ccccc1. The van der Waals surface area contributed by atoms with E-state index >= 15 is 0 Å². The summed E-state index contributed by atoms with van der Waals surface area (Å²) in [6.07, 6.45) is 2.95. The summed E-state index contributed by atoms with van der Waals surface area (Å²) in [6, 6.07) is 10.5. The Balaban J connectivity index is 1.95. The van der Waals surface area contributed by atoms with Gasteiger partial charge in [-0.1, -0.05) is 44.2 Å². The van der Waals surface area contributed by atoms with Crippen molar-refractivity contribution in [2.24, 2.45) is 17.6 Å². The van der Waals surface area contributed by atoms with Crippen LogP contribution in [0.1, 0.15) is 44.6 Å². The van der Waals surface area contributed by atoms with Crippen molar-refractivity contribution in [1.29, 1.82) is 0 Å². The molecule has 1 amide bonds. The minimum absolute atomic E-state index is 0.134. The first-order valence-electron chi connectivity index (χ1n) is 7.66. The van der Waals surface area contributed by atoms with Crippen molar-refractivity contribution in [3.05, 3.63) is 35.9 Å². The Morgan fingerprint density at radius 1 is 1.30 bits per heavy atom. The summed E-state index contributed by atoms with van der Waals surface area (Å²) >= 11 is 0. The molecule has 3 N–H and O–H groups in total. The third-order valence-electron chi connectivity index (χ3n) is 4.23. The third kappa shape index (κ3) is 4.07. The molecule has 1 aromatic carbocycles. The molecule has 0 bridgehead atoms. The molecule has 1 aliphatic rings. The number of hydrogen-bond donors (Lipinski definition) is 2. The van der Waals surface area contributed by atoms with Gasteiger partial charge in [0.15, 0.2) is 0 Å². The minimum atomic E-state index is 0.134. The van der Waals surface area contributed by atoms with Crippen LogP contribution in [0.2, 0.25) is 0 Å². The average Bonchev–Trinajstić information content (AvgIpc) is 3.27. The van der Waals surface area contributed by atoms with Gasteiger partial charge in [0, 0.05) is 19.0 Å². The number of benzene rings is 1. The van der Waals surface area contributed by atoms with Crippen LogP contribution in [-0.2, 0) is 4.79 Å². The molecule has 0 radical (unpaired) electrons. The van der Waals surface area contributed by atoms with Crippen LogP contribution in [0.5, 0.6) is 0 Å². The highest BCUT2D eigenvalue weighted by atomic mass is 16.1. The van der Waals surface area contributed by atoms with Crippen LogP contribution in [0.15, 0.2) is 30.3 Å². The fourth-order valence-corrected chi connectivity index (χ4v) is 2.77. The third-order valence-corrected chi connectivity index (χ3v) is 4.23. The highest BCUT2D eigenvalue weighted by Gasteiger charge is 2.31. The molecule has 0 heterocycles. The van der Waals surface area contributed by atoms with Gasteiger partial charge in [-0.3, -0.25) is 4.79 Å². The average molecular weight is 274 g/mol. The summed E-state index contributed by atoms with van der Waals surface area (Å²) in [7, 11) is 0. The van der Waals surface area contributed by atoms with Gasteiger partial charge in [-0.25, -0.2) is 0 Å². The van der Waals surface area contributed by atoms with E-state index in [1.54, 1.807) is 0 Å². The lowest BCUT2D eigenvalue weighted by atomic mass is 9.85. The lowest BCUT2D eigenvalue weighted by molar-refractivity contribution is -0.122. The number of hydrogen-bond acceptors (Lipinski definition) is 2. The highest BCUT2D eigenvalue weighted by Crippen LogP contribution is 2.33. The van der Waals surface area contributed by atoms with Gasteiger partial charge >= 0.3 is 0 Å². The van der Waals surface area contributed by atoms with Crippen LogP contribution in [0.25, 0.3) is 0 Å². The zero-order chi connectivity index (χ0) is 14.5. The molecule has 110 valence electrons. The van der Waals surface area contributed by atoms with Crippen LogP contribution in [0.4, 0.5) is 0 Å². The second-order valence-corrected chi connectivity index (χ2v) is 6.21. The smallest absolute Gasteiger partial charge is 0.220 e.